The molecule has 2 aromatic carbocycles. The van der Waals surface area contributed by atoms with Crippen LogP contribution in [0.4, 0.5) is 8.78 Å². The molecular formula is C15H11ClF2NO4S-. The number of rotatable bonds is 6. The molecular weight excluding hydrogens is 364 g/mol. The summed E-state index contributed by atoms with van der Waals surface area (Å²) < 4.78 is 53.6. The van der Waals surface area contributed by atoms with Gasteiger partial charge in [0.15, 0.2) is 0 Å². The second kappa shape index (κ2) is 7.25. The van der Waals surface area contributed by atoms with Gasteiger partial charge in [-0.2, -0.15) is 0 Å². The number of nitrogens with one attached hydrogen (secondary N) is 1. The van der Waals surface area contributed by atoms with Crippen LogP contribution in [0, 0.1) is 11.6 Å². The minimum atomic E-state index is -4.32. The van der Waals surface area contributed by atoms with Crippen LogP contribution in [0.1, 0.15) is 15.9 Å². The Morgan fingerprint density at radius 1 is 1.17 bits per heavy atom. The van der Waals surface area contributed by atoms with Crippen molar-refractivity contribution in [2.75, 3.05) is 6.54 Å². The highest BCUT2D eigenvalue weighted by molar-refractivity contribution is 7.89. The molecule has 0 aliphatic rings. The zero-order valence-electron chi connectivity index (χ0n) is 12.1. The molecule has 0 aromatic heterocycles. The maximum Gasteiger partial charge on any atom is 0.243 e. The monoisotopic (exact) mass is 374 g/mol. The lowest BCUT2D eigenvalue weighted by atomic mass is 10.1. The van der Waals surface area contributed by atoms with Crippen molar-refractivity contribution >= 4 is 27.6 Å². The Morgan fingerprint density at radius 2 is 1.88 bits per heavy atom. The molecule has 0 aliphatic heterocycles. The molecule has 24 heavy (non-hydrogen) atoms. The Bertz CT molecular complexity index is 867. The first-order valence-corrected chi connectivity index (χ1v) is 8.52. The van der Waals surface area contributed by atoms with E-state index in [1.54, 1.807) is 0 Å². The Kier molecular flexibility index (Phi) is 5.53. The molecule has 0 unspecified atom stereocenters. The van der Waals surface area contributed by atoms with Gasteiger partial charge in [-0.15, -0.1) is 0 Å². The van der Waals surface area contributed by atoms with Crippen LogP contribution in [0.3, 0.4) is 0 Å². The Morgan fingerprint density at radius 3 is 2.50 bits per heavy atom. The van der Waals surface area contributed by atoms with Gasteiger partial charge in [-0.25, -0.2) is 21.9 Å². The fraction of sp³-hybridized carbons (Fsp3) is 0.133. The van der Waals surface area contributed by atoms with Crippen molar-refractivity contribution in [1.29, 1.82) is 0 Å². The van der Waals surface area contributed by atoms with E-state index in [0.29, 0.717) is 12.1 Å². The Labute approximate surface area is 141 Å². The third-order valence-electron chi connectivity index (χ3n) is 3.19. The highest BCUT2D eigenvalue weighted by atomic mass is 35.5. The third-order valence-corrected chi connectivity index (χ3v) is 5.02. The number of hydrogen-bond donors (Lipinski definition) is 1. The van der Waals surface area contributed by atoms with Crippen LogP contribution in [-0.2, 0) is 16.4 Å². The summed E-state index contributed by atoms with van der Waals surface area (Å²) in [7, 11) is -4.32. The molecule has 0 saturated carbocycles. The zero-order valence-corrected chi connectivity index (χ0v) is 13.6. The van der Waals surface area contributed by atoms with Crippen LogP contribution in [0.15, 0.2) is 41.3 Å². The predicted molar refractivity (Wildman–Crippen MR) is 81.0 cm³/mol. The fourth-order valence-corrected chi connectivity index (χ4v) is 3.39. The summed E-state index contributed by atoms with van der Waals surface area (Å²) in [5.41, 5.74) is -0.361. The number of carbonyl (C=O) groups excluding carboxylic acids is 1. The number of halogens is 3. The van der Waals surface area contributed by atoms with Gasteiger partial charge >= 0.3 is 0 Å². The average molecular weight is 375 g/mol. The van der Waals surface area contributed by atoms with E-state index >= 15 is 0 Å². The van der Waals surface area contributed by atoms with Crippen molar-refractivity contribution in [3.05, 3.63) is 64.2 Å². The van der Waals surface area contributed by atoms with Crippen molar-refractivity contribution in [3.8, 4) is 0 Å². The van der Waals surface area contributed by atoms with Gasteiger partial charge in [-0.05, 0) is 36.2 Å². The molecule has 2 aromatic rings. The van der Waals surface area contributed by atoms with Crippen LogP contribution in [0.5, 0.6) is 0 Å². The summed E-state index contributed by atoms with van der Waals surface area (Å²) in [4.78, 5) is 9.93. The van der Waals surface area contributed by atoms with Crippen molar-refractivity contribution in [2.24, 2.45) is 0 Å². The number of carboxylic acid groups (broad SMARTS) is 1. The summed E-state index contributed by atoms with van der Waals surface area (Å²) in [6.45, 7) is -0.252. The van der Waals surface area contributed by atoms with Crippen LogP contribution >= 0.6 is 11.6 Å². The van der Waals surface area contributed by atoms with Gasteiger partial charge in [0.25, 0.3) is 0 Å². The van der Waals surface area contributed by atoms with E-state index in [1.807, 2.05) is 0 Å². The summed E-state index contributed by atoms with van der Waals surface area (Å²) in [5, 5.41) is 10.9. The summed E-state index contributed by atoms with van der Waals surface area (Å²) in [5.74, 6) is -3.34. The zero-order chi connectivity index (χ0) is 17.9. The first kappa shape index (κ1) is 18.3. The molecule has 128 valence electrons. The van der Waals surface area contributed by atoms with Gasteiger partial charge < -0.3 is 9.90 Å². The number of sulfonamides is 1. The molecule has 0 amide bonds. The van der Waals surface area contributed by atoms with E-state index in [-0.39, 0.29) is 23.6 Å². The third kappa shape index (κ3) is 4.08. The van der Waals surface area contributed by atoms with E-state index in [9.17, 15) is 27.1 Å². The second-order valence-electron chi connectivity index (χ2n) is 4.78. The van der Waals surface area contributed by atoms with Crippen molar-refractivity contribution in [1.82, 2.24) is 4.72 Å². The largest absolute Gasteiger partial charge is 0.545 e. The number of carbonyl (C=O) groups is 1. The van der Waals surface area contributed by atoms with Crippen LogP contribution in [-0.4, -0.2) is 20.9 Å². The maximum atomic E-state index is 13.7. The van der Waals surface area contributed by atoms with E-state index in [0.717, 1.165) is 6.07 Å². The van der Waals surface area contributed by atoms with Gasteiger partial charge in [0.05, 0.1) is 5.97 Å². The molecule has 5 nitrogen and oxygen atoms in total. The van der Waals surface area contributed by atoms with Crippen LogP contribution in [0.25, 0.3) is 0 Å². The highest BCUT2D eigenvalue weighted by Gasteiger charge is 2.20. The first-order chi connectivity index (χ1) is 11.2. The van der Waals surface area contributed by atoms with E-state index in [4.69, 9.17) is 11.6 Å². The van der Waals surface area contributed by atoms with Gasteiger partial charge in [-0.1, -0.05) is 23.7 Å². The standard InChI is InChI=1S/C15H12ClF2NO4S/c16-11-2-1-3-12(17)10(11)6-7-19-24(22,23)14-8-9(15(20)21)4-5-13(14)18/h1-5,8,19H,6-7H2,(H,20,21)/p-1. The Balaban J connectivity index is 2.18. The first-order valence-electron chi connectivity index (χ1n) is 6.66. The quantitative estimate of drug-likeness (QED) is 0.830. The lowest BCUT2D eigenvalue weighted by Gasteiger charge is -2.11. The van der Waals surface area contributed by atoms with Crippen molar-refractivity contribution in [3.63, 3.8) is 0 Å². The molecule has 0 heterocycles. The molecule has 0 spiro atoms. The molecule has 0 bridgehead atoms. The van der Waals surface area contributed by atoms with Crippen LogP contribution < -0.4 is 9.83 Å². The van der Waals surface area contributed by atoms with Gasteiger partial charge in [0.1, 0.15) is 16.5 Å². The molecule has 1 N–H and O–H groups in total. The fourth-order valence-electron chi connectivity index (χ4n) is 2.00. The molecule has 0 fully saturated rings. The topological polar surface area (TPSA) is 86.3 Å². The number of carboxylic acids is 1. The predicted octanol–water partition coefficient (Wildman–Crippen LogP) is 1.50. The molecule has 2 rings (SSSR count). The minimum Gasteiger partial charge on any atom is -0.545 e. The Hall–Kier alpha value is -2.03. The number of hydrogen-bond acceptors (Lipinski definition) is 4. The normalized spacial score (nSPS) is 11.5. The summed E-state index contributed by atoms with van der Waals surface area (Å²) in [6.07, 6.45) is -0.0630. The average Bonchev–Trinajstić information content (AvgIpc) is 2.50. The minimum absolute atomic E-state index is 0.0630. The maximum absolute atomic E-state index is 13.7. The number of benzene rings is 2. The molecule has 0 saturated heterocycles. The summed E-state index contributed by atoms with van der Waals surface area (Å²) >= 11 is 5.83. The smallest absolute Gasteiger partial charge is 0.243 e. The highest BCUT2D eigenvalue weighted by Crippen LogP contribution is 2.20. The SMILES string of the molecule is O=C([O-])c1ccc(F)c(S(=O)(=O)NCCc2c(F)cccc2Cl)c1. The molecule has 0 aliphatic carbocycles. The molecule has 0 radical (unpaired) electrons. The number of aromatic carboxylic acids is 1. The summed E-state index contributed by atoms with van der Waals surface area (Å²) in [6, 6.07) is 6.31. The molecule has 9 heteroatoms. The van der Waals surface area contributed by atoms with Crippen molar-refractivity contribution < 1.29 is 27.1 Å². The molecule has 0 atom stereocenters. The lowest BCUT2D eigenvalue weighted by Crippen LogP contribution is -2.28. The van der Waals surface area contributed by atoms with E-state index in [1.165, 1.54) is 18.2 Å². The van der Waals surface area contributed by atoms with Crippen LogP contribution in [0.2, 0.25) is 5.02 Å². The second-order valence-corrected chi connectivity index (χ2v) is 6.92. The van der Waals surface area contributed by atoms with E-state index < -0.39 is 38.1 Å². The van der Waals surface area contributed by atoms with Gasteiger partial charge in [0.2, 0.25) is 10.0 Å². The van der Waals surface area contributed by atoms with E-state index in [2.05, 4.69) is 4.72 Å². The van der Waals surface area contributed by atoms with Gasteiger partial charge in [0, 0.05) is 17.1 Å². The lowest BCUT2D eigenvalue weighted by molar-refractivity contribution is -0.255. The van der Waals surface area contributed by atoms with Crippen molar-refractivity contribution in [2.45, 2.75) is 11.3 Å². The van der Waals surface area contributed by atoms with Gasteiger partial charge in [-0.3, -0.25) is 0 Å².